The summed E-state index contributed by atoms with van der Waals surface area (Å²) in [5.41, 5.74) is -0.376. The molecular formula is C11H12N2O6. The molecule has 0 unspecified atom stereocenters. The first-order valence-electron chi connectivity index (χ1n) is 5.25. The Morgan fingerprint density at radius 1 is 1.63 bits per heavy atom. The van der Waals surface area contributed by atoms with Crippen molar-refractivity contribution in [3.05, 3.63) is 33.7 Å². The molecule has 19 heavy (non-hydrogen) atoms. The summed E-state index contributed by atoms with van der Waals surface area (Å²) >= 11 is 0. The summed E-state index contributed by atoms with van der Waals surface area (Å²) in [5, 5.41) is 20.3. The maximum absolute atomic E-state index is 11.2. The van der Waals surface area contributed by atoms with Crippen molar-refractivity contribution in [2.45, 2.75) is 6.92 Å². The molecule has 102 valence electrons. The molecule has 8 heteroatoms. The van der Waals surface area contributed by atoms with Crippen molar-refractivity contribution < 1.29 is 24.3 Å². The zero-order valence-corrected chi connectivity index (χ0v) is 10.3. The fourth-order valence-corrected chi connectivity index (χ4v) is 1.23. The quantitative estimate of drug-likeness (QED) is 0.283. The summed E-state index contributed by atoms with van der Waals surface area (Å²) in [4.78, 5) is 25.0. The molecule has 8 nitrogen and oxygen atoms in total. The van der Waals surface area contributed by atoms with Crippen LogP contribution in [0, 0.1) is 10.1 Å². The first kappa shape index (κ1) is 14.4. The lowest BCUT2D eigenvalue weighted by Gasteiger charge is -2.03. The average molecular weight is 268 g/mol. The van der Waals surface area contributed by atoms with E-state index in [9.17, 15) is 20.0 Å². The Bertz CT molecular complexity index is 526. The number of hydrogen-bond acceptors (Lipinski definition) is 7. The second kappa shape index (κ2) is 6.34. The van der Waals surface area contributed by atoms with Crippen LogP contribution in [0.2, 0.25) is 0 Å². The molecule has 1 heterocycles. The van der Waals surface area contributed by atoms with E-state index in [4.69, 9.17) is 4.74 Å². The van der Waals surface area contributed by atoms with Crippen molar-refractivity contribution in [1.29, 1.82) is 0 Å². The molecule has 0 aliphatic heterocycles. The number of pyridine rings is 1. The van der Waals surface area contributed by atoms with Gasteiger partial charge < -0.3 is 14.6 Å². The Morgan fingerprint density at radius 3 is 2.84 bits per heavy atom. The van der Waals surface area contributed by atoms with E-state index in [1.54, 1.807) is 6.92 Å². The summed E-state index contributed by atoms with van der Waals surface area (Å²) in [6.07, 6.45) is 1.91. The number of aromatic nitrogens is 1. The third-order valence-corrected chi connectivity index (χ3v) is 2.07. The van der Waals surface area contributed by atoms with Gasteiger partial charge in [0.1, 0.15) is 6.20 Å². The van der Waals surface area contributed by atoms with E-state index in [1.807, 2.05) is 0 Å². The molecular weight excluding hydrogens is 256 g/mol. The monoisotopic (exact) mass is 268 g/mol. The van der Waals surface area contributed by atoms with E-state index in [2.05, 4.69) is 9.72 Å². The van der Waals surface area contributed by atoms with Crippen LogP contribution in [0.25, 0.3) is 6.08 Å². The highest BCUT2D eigenvalue weighted by Gasteiger charge is 2.17. The molecule has 1 N–H and O–H groups in total. The molecule has 0 saturated heterocycles. The van der Waals surface area contributed by atoms with E-state index in [1.165, 1.54) is 13.2 Å². The number of esters is 1. The highest BCUT2D eigenvalue weighted by molar-refractivity contribution is 5.91. The lowest BCUT2D eigenvalue weighted by molar-refractivity contribution is -0.385. The van der Waals surface area contributed by atoms with Crippen LogP contribution in [0.4, 0.5) is 5.69 Å². The number of carbonyl (C=O) groups excluding carboxylic acids is 1. The van der Waals surface area contributed by atoms with E-state index in [0.29, 0.717) is 0 Å². The van der Waals surface area contributed by atoms with Gasteiger partial charge in [-0.1, -0.05) is 0 Å². The minimum atomic E-state index is -0.965. The molecule has 0 spiro atoms. The number of ether oxygens (including phenoxy) is 2. The molecule has 0 aromatic carbocycles. The normalized spacial score (nSPS) is 10.9. The number of hydrogen-bond donors (Lipinski definition) is 1. The zero-order valence-electron chi connectivity index (χ0n) is 10.3. The number of methoxy groups -OCH3 is 1. The van der Waals surface area contributed by atoms with Gasteiger partial charge in [0.25, 0.3) is 5.69 Å². The second-order valence-corrected chi connectivity index (χ2v) is 3.29. The number of aliphatic hydroxyl groups is 1. The van der Waals surface area contributed by atoms with Gasteiger partial charge in [0.2, 0.25) is 11.6 Å². The predicted octanol–water partition coefficient (Wildman–Crippen LogP) is 1.46. The van der Waals surface area contributed by atoms with Gasteiger partial charge in [-0.15, -0.1) is 0 Å². The molecule has 0 fully saturated rings. The molecule has 0 bridgehead atoms. The maximum atomic E-state index is 11.2. The van der Waals surface area contributed by atoms with Gasteiger partial charge in [0.15, 0.2) is 0 Å². The maximum Gasteiger partial charge on any atom is 0.373 e. The van der Waals surface area contributed by atoms with Crippen molar-refractivity contribution >= 4 is 17.7 Å². The Kier molecular flexibility index (Phi) is 4.81. The van der Waals surface area contributed by atoms with Crippen LogP contribution in [-0.2, 0) is 9.53 Å². The highest BCUT2D eigenvalue weighted by atomic mass is 16.6. The van der Waals surface area contributed by atoms with Crippen LogP contribution in [0.5, 0.6) is 5.88 Å². The summed E-state index contributed by atoms with van der Waals surface area (Å²) in [6, 6.07) is 1.23. The van der Waals surface area contributed by atoms with Gasteiger partial charge in [-0.25, -0.2) is 9.78 Å². The molecule has 1 aromatic rings. The van der Waals surface area contributed by atoms with Crippen molar-refractivity contribution in [3.8, 4) is 5.88 Å². The largest absolute Gasteiger partial charge is 0.502 e. The van der Waals surface area contributed by atoms with Gasteiger partial charge in [0, 0.05) is 12.1 Å². The fourth-order valence-electron chi connectivity index (χ4n) is 1.23. The zero-order chi connectivity index (χ0) is 14.4. The van der Waals surface area contributed by atoms with Crippen molar-refractivity contribution in [1.82, 2.24) is 4.98 Å². The molecule has 0 atom stereocenters. The van der Waals surface area contributed by atoms with Crippen LogP contribution in [0.15, 0.2) is 18.0 Å². The number of carbonyl (C=O) groups is 1. The van der Waals surface area contributed by atoms with Crippen molar-refractivity contribution in [2.24, 2.45) is 0 Å². The lowest BCUT2D eigenvalue weighted by Crippen LogP contribution is -2.07. The minimum absolute atomic E-state index is 0.0117. The highest BCUT2D eigenvalue weighted by Crippen LogP contribution is 2.23. The molecule has 1 rings (SSSR count). The van der Waals surface area contributed by atoms with Gasteiger partial charge >= 0.3 is 5.97 Å². The van der Waals surface area contributed by atoms with Crippen LogP contribution in [-0.4, -0.2) is 34.7 Å². The van der Waals surface area contributed by atoms with Crippen LogP contribution < -0.4 is 4.74 Å². The predicted molar refractivity (Wildman–Crippen MR) is 64.7 cm³/mol. The van der Waals surface area contributed by atoms with Gasteiger partial charge in [-0.05, 0) is 6.92 Å². The van der Waals surface area contributed by atoms with Gasteiger partial charge in [-0.3, -0.25) is 10.1 Å². The smallest absolute Gasteiger partial charge is 0.373 e. The van der Waals surface area contributed by atoms with E-state index < -0.39 is 16.7 Å². The van der Waals surface area contributed by atoms with Crippen LogP contribution in [0.3, 0.4) is 0 Å². The van der Waals surface area contributed by atoms with Gasteiger partial charge in [0.05, 0.1) is 24.2 Å². The summed E-state index contributed by atoms with van der Waals surface area (Å²) in [5.74, 6) is -1.58. The van der Waals surface area contributed by atoms with Crippen molar-refractivity contribution in [2.75, 3.05) is 13.7 Å². The standard InChI is InChI=1S/C11H12N2O6/c1-3-19-11(15)9(14)4-7-5-10(18-2)12-6-8(7)13(16)17/h4-6,14H,3H2,1-2H3/b9-4+. The SMILES string of the molecule is CCOC(=O)/C(O)=C\c1cc(OC)ncc1[N+](=O)[O-]. The van der Waals surface area contributed by atoms with E-state index >= 15 is 0 Å². The summed E-state index contributed by atoms with van der Waals surface area (Å²) in [7, 11) is 1.34. The van der Waals surface area contributed by atoms with Gasteiger partial charge in [-0.2, -0.15) is 0 Å². The molecule has 0 radical (unpaired) electrons. The number of rotatable bonds is 5. The Hall–Kier alpha value is -2.64. The molecule has 1 aromatic heterocycles. The third kappa shape index (κ3) is 3.66. The first-order valence-corrected chi connectivity index (χ1v) is 5.25. The third-order valence-electron chi connectivity index (χ3n) is 2.07. The van der Waals surface area contributed by atoms with Crippen LogP contribution >= 0.6 is 0 Å². The Morgan fingerprint density at radius 2 is 2.32 bits per heavy atom. The molecule has 0 aliphatic carbocycles. The second-order valence-electron chi connectivity index (χ2n) is 3.29. The lowest BCUT2D eigenvalue weighted by atomic mass is 10.2. The van der Waals surface area contributed by atoms with Crippen LogP contribution in [0.1, 0.15) is 12.5 Å². The Balaban J connectivity index is 3.20. The minimum Gasteiger partial charge on any atom is -0.502 e. The average Bonchev–Trinajstić information content (AvgIpc) is 2.38. The van der Waals surface area contributed by atoms with E-state index in [-0.39, 0.29) is 23.7 Å². The number of nitro groups is 1. The topological polar surface area (TPSA) is 112 Å². The van der Waals surface area contributed by atoms with E-state index in [0.717, 1.165) is 12.3 Å². The summed E-state index contributed by atoms with van der Waals surface area (Å²) < 4.78 is 9.38. The molecule has 0 saturated carbocycles. The molecule has 0 aliphatic rings. The summed E-state index contributed by atoms with van der Waals surface area (Å²) in [6.45, 7) is 1.65. The molecule has 0 amide bonds. The Labute approximate surface area is 108 Å². The fraction of sp³-hybridized carbons (Fsp3) is 0.273. The van der Waals surface area contributed by atoms with Crippen molar-refractivity contribution in [3.63, 3.8) is 0 Å². The number of aliphatic hydroxyl groups excluding tert-OH is 1. The first-order chi connectivity index (χ1) is 8.99. The number of nitrogens with zero attached hydrogens (tertiary/aromatic N) is 2.